The third kappa shape index (κ3) is 2.87. The van der Waals surface area contributed by atoms with Crippen LogP contribution in [0.2, 0.25) is 0 Å². The number of aliphatic hydroxyl groups is 2. The fourth-order valence-corrected chi connectivity index (χ4v) is 9.48. The van der Waals surface area contributed by atoms with Crippen LogP contribution in [0.1, 0.15) is 78.6 Å². The standard InChI is InChI=1S/C25H40O4/c1-13(16-12-17(16)23(28)29)18-4-5-19-22-20(7-9-25(18,19)3)24(2)8-6-15(26)10-14(24)11-21(22)27/h13-22,26-27H,4-12H2,1-3H3,(H,28,29)/t13-,14?,15-,16+,17-,18?,19?,20?,21-,22?,24+,25-/m1/s1. The van der Waals surface area contributed by atoms with Crippen LogP contribution < -0.4 is 0 Å². The lowest BCUT2D eigenvalue weighted by Crippen LogP contribution is -2.58. The molecule has 0 spiro atoms. The first-order valence-electron chi connectivity index (χ1n) is 12.3. The van der Waals surface area contributed by atoms with Crippen molar-refractivity contribution in [3.05, 3.63) is 0 Å². The molecule has 5 rings (SSSR count). The van der Waals surface area contributed by atoms with E-state index in [-0.39, 0.29) is 29.0 Å². The van der Waals surface area contributed by atoms with Crippen molar-refractivity contribution in [3.63, 3.8) is 0 Å². The summed E-state index contributed by atoms with van der Waals surface area (Å²) in [6.07, 6.45) is 9.08. The molecule has 164 valence electrons. The third-order valence-corrected chi connectivity index (χ3v) is 11.2. The van der Waals surface area contributed by atoms with E-state index < -0.39 is 5.97 Å². The molecule has 0 saturated heterocycles. The van der Waals surface area contributed by atoms with Crippen molar-refractivity contribution in [1.82, 2.24) is 0 Å². The van der Waals surface area contributed by atoms with Crippen molar-refractivity contribution < 1.29 is 20.1 Å². The van der Waals surface area contributed by atoms with Gasteiger partial charge in [-0.3, -0.25) is 4.79 Å². The van der Waals surface area contributed by atoms with Crippen LogP contribution in [0.5, 0.6) is 0 Å². The lowest BCUT2D eigenvalue weighted by molar-refractivity contribution is -0.174. The number of carboxylic acids is 1. The summed E-state index contributed by atoms with van der Waals surface area (Å²) in [6.45, 7) is 7.26. The van der Waals surface area contributed by atoms with Gasteiger partial charge in [0.2, 0.25) is 0 Å². The van der Waals surface area contributed by atoms with Crippen LogP contribution in [-0.4, -0.2) is 33.5 Å². The first-order chi connectivity index (χ1) is 13.7. The molecular formula is C25H40O4. The average molecular weight is 405 g/mol. The SMILES string of the molecule is C[C@@H](C1CCC2C3C(CC[C@@]21C)[C@@]1(C)CC[C@@H](O)CC1C[C@H]3O)[C@@H]1C[C@H]1C(=O)O. The van der Waals surface area contributed by atoms with Crippen LogP contribution in [0.4, 0.5) is 0 Å². The highest BCUT2D eigenvalue weighted by Gasteiger charge is 2.64. The van der Waals surface area contributed by atoms with E-state index in [2.05, 4.69) is 20.8 Å². The van der Waals surface area contributed by atoms with E-state index in [1.807, 2.05) is 0 Å². The van der Waals surface area contributed by atoms with E-state index in [9.17, 15) is 20.1 Å². The van der Waals surface area contributed by atoms with Crippen LogP contribution in [0.25, 0.3) is 0 Å². The Morgan fingerprint density at radius 3 is 2.31 bits per heavy atom. The van der Waals surface area contributed by atoms with E-state index in [1.165, 1.54) is 25.7 Å². The Morgan fingerprint density at radius 1 is 0.931 bits per heavy atom. The quantitative estimate of drug-likeness (QED) is 0.654. The molecular weight excluding hydrogens is 364 g/mol. The van der Waals surface area contributed by atoms with Gasteiger partial charge < -0.3 is 15.3 Å². The zero-order valence-corrected chi connectivity index (χ0v) is 18.4. The second-order valence-electron chi connectivity index (χ2n) is 12.2. The van der Waals surface area contributed by atoms with Gasteiger partial charge in [0, 0.05) is 0 Å². The summed E-state index contributed by atoms with van der Waals surface area (Å²) in [5, 5.41) is 30.9. The van der Waals surface area contributed by atoms with Gasteiger partial charge in [-0.25, -0.2) is 0 Å². The second kappa shape index (κ2) is 6.69. The molecule has 5 unspecified atom stereocenters. The summed E-state index contributed by atoms with van der Waals surface area (Å²) in [5.41, 5.74) is 0.531. The van der Waals surface area contributed by atoms with Gasteiger partial charge in [-0.2, -0.15) is 0 Å². The summed E-state index contributed by atoms with van der Waals surface area (Å²) in [6, 6.07) is 0. The van der Waals surface area contributed by atoms with E-state index in [0.717, 1.165) is 32.1 Å². The summed E-state index contributed by atoms with van der Waals surface area (Å²) in [4.78, 5) is 11.4. The monoisotopic (exact) mass is 404 g/mol. The van der Waals surface area contributed by atoms with Crippen molar-refractivity contribution >= 4 is 5.97 Å². The summed E-state index contributed by atoms with van der Waals surface area (Å²) < 4.78 is 0. The lowest BCUT2D eigenvalue weighted by atomic mass is 9.43. The third-order valence-electron chi connectivity index (χ3n) is 11.2. The number of hydrogen-bond donors (Lipinski definition) is 3. The Bertz CT molecular complexity index is 678. The highest BCUT2D eigenvalue weighted by atomic mass is 16.4. The fraction of sp³-hybridized carbons (Fsp3) is 0.960. The lowest BCUT2D eigenvalue weighted by Gasteiger charge is -2.62. The van der Waals surface area contributed by atoms with Crippen molar-refractivity contribution in [3.8, 4) is 0 Å². The van der Waals surface area contributed by atoms with Gasteiger partial charge in [0.1, 0.15) is 0 Å². The van der Waals surface area contributed by atoms with Gasteiger partial charge >= 0.3 is 5.97 Å². The molecule has 0 aromatic rings. The minimum Gasteiger partial charge on any atom is -0.481 e. The van der Waals surface area contributed by atoms with E-state index in [1.54, 1.807) is 0 Å². The minimum atomic E-state index is -0.605. The molecule has 0 aromatic carbocycles. The van der Waals surface area contributed by atoms with Crippen molar-refractivity contribution in [2.75, 3.05) is 0 Å². The van der Waals surface area contributed by atoms with E-state index in [0.29, 0.717) is 41.4 Å². The highest BCUT2D eigenvalue weighted by Crippen LogP contribution is 2.69. The maximum Gasteiger partial charge on any atom is 0.306 e. The highest BCUT2D eigenvalue weighted by molar-refractivity contribution is 5.73. The molecule has 12 atom stereocenters. The molecule has 29 heavy (non-hydrogen) atoms. The zero-order chi connectivity index (χ0) is 20.7. The molecule has 5 aliphatic rings. The number of carboxylic acid groups (broad SMARTS) is 1. The van der Waals surface area contributed by atoms with Crippen LogP contribution in [0, 0.1) is 58.2 Å². The number of fused-ring (bicyclic) bond motifs is 5. The molecule has 0 radical (unpaired) electrons. The summed E-state index contributed by atoms with van der Waals surface area (Å²) >= 11 is 0. The van der Waals surface area contributed by atoms with Crippen molar-refractivity contribution in [1.29, 1.82) is 0 Å². The normalized spacial score (nSPS) is 57.3. The molecule has 3 N–H and O–H groups in total. The van der Waals surface area contributed by atoms with Crippen LogP contribution >= 0.6 is 0 Å². The Kier molecular flexibility index (Phi) is 4.68. The molecule has 0 amide bonds. The van der Waals surface area contributed by atoms with Gasteiger partial charge in [0.05, 0.1) is 18.1 Å². The van der Waals surface area contributed by atoms with E-state index in [4.69, 9.17) is 0 Å². The molecule has 5 saturated carbocycles. The van der Waals surface area contributed by atoms with Crippen LogP contribution in [0.3, 0.4) is 0 Å². The topological polar surface area (TPSA) is 77.8 Å². The minimum absolute atomic E-state index is 0.113. The maximum atomic E-state index is 11.4. The molecule has 4 nitrogen and oxygen atoms in total. The van der Waals surface area contributed by atoms with Crippen LogP contribution in [0.15, 0.2) is 0 Å². The summed E-state index contributed by atoms with van der Waals surface area (Å²) in [5.74, 6) is 2.76. The number of aliphatic carboxylic acids is 1. The second-order valence-corrected chi connectivity index (χ2v) is 12.2. The van der Waals surface area contributed by atoms with Gasteiger partial charge in [0.15, 0.2) is 0 Å². The van der Waals surface area contributed by atoms with Gasteiger partial charge in [-0.05, 0) is 110 Å². The zero-order valence-electron chi connectivity index (χ0n) is 18.4. The Labute approximate surface area is 175 Å². The Morgan fingerprint density at radius 2 is 1.62 bits per heavy atom. The molecule has 4 heteroatoms. The smallest absolute Gasteiger partial charge is 0.306 e. The number of carbonyl (C=O) groups is 1. The molecule has 0 bridgehead atoms. The van der Waals surface area contributed by atoms with Gasteiger partial charge in [-0.15, -0.1) is 0 Å². The molecule has 0 aromatic heterocycles. The van der Waals surface area contributed by atoms with Crippen molar-refractivity contribution in [2.24, 2.45) is 58.2 Å². The molecule has 5 fully saturated rings. The fourth-order valence-electron chi connectivity index (χ4n) is 9.48. The van der Waals surface area contributed by atoms with Gasteiger partial charge in [-0.1, -0.05) is 20.8 Å². The predicted molar refractivity (Wildman–Crippen MR) is 111 cm³/mol. The van der Waals surface area contributed by atoms with Crippen LogP contribution in [-0.2, 0) is 4.79 Å². The average Bonchev–Trinajstić information content (AvgIpc) is 3.39. The maximum absolute atomic E-state index is 11.4. The van der Waals surface area contributed by atoms with Crippen molar-refractivity contribution in [2.45, 2.75) is 90.8 Å². The predicted octanol–water partition coefficient (Wildman–Crippen LogP) is 4.33. The number of aliphatic hydroxyl groups excluding tert-OH is 2. The first kappa shape index (κ1) is 20.3. The molecule has 5 aliphatic carbocycles. The number of hydrogen-bond acceptors (Lipinski definition) is 3. The van der Waals surface area contributed by atoms with E-state index >= 15 is 0 Å². The number of rotatable bonds is 3. The largest absolute Gasteiger partial charge is 0.481 e. The van der Waals surface area contributed by atoms with Gasteiger partial charge in [0.25, 0.3) is 0 Å². The summed E-state index contributed by atoms with van der Waals surface area (Å²) in [7, 11) is 0. The Hall–Kier alpha value is -0.610. The first-order valence-corrected chi connectivity index (χ1v) is 12.3. The molecule has 0 heterocycles. The Balaban J connectivity index is 1.39. The molecule has 0 aliphatic heterocycles.